The molecule has 0 radical (unpaired) electrons. The number of hydrogen-bond donors (Lipinski definition) is 3. The predicted molar refractivity (Wildman–Crippen MR) is 101 cm³/mol. The summed E-state index contributed by atoms with van der Waals surface area (Å²) < 4.78 is 31.6. The number of nitrogens with one attached hydrogen (secondary N) is 2. The van der Waals surface area contributed by atoms with Gasteiger partial charge in [-0.1, -0.05) is 11.2 Å². The Hall–Kier alpha value is -1.94. The first-order valence-corrected chi connectivity index (χ1v) is 9.33. The Kier molecular flexibility index (Phi) is 8.22. The molecule has 0 saturated heterocycles. The zero-order valence-electron chi connectivity index (χ0n) is 14.6. The lowest BCUT2D eigenvalue weighted by Crippen LogP contribution is -2.29. The maximum atomic E-state index is 12.1. The normalized spacial score (nSPS) is 11.0. The standard InChI is InChI=1S/C16H22N4O4S.ClH/c1-11-15(12(2)24-20-11)6-7-16(21)19-13-4-3-5-14(10-13)25(22,23)18-9-8-17;/h3-5,10,18H,6-9,17H2,1-2H3,(H,19,21);1H. The Morgan fingerprint density at radius 2 is 2.04 bits per heavy atom. The van der Waals surface area contributed by atoms with E-state index in [1.807, 2.05) is 6.92 Å². The number of nitrogens with zero attached hydrogens (tertiary/aromatic N) is 1. The van der Waals surface area contributed by atoms with Crippen LogP contribution in [0.3, 0.4) is 0 Å². The number of amides is 1. The van der Waals surface area contributed by atoms with Crippen LogP contribution in [0.4, 0.5) is 5.69 Å². The van der Waals surface area contributed by atoms with Gasteiger partial charge < -0.3 is 15.6 Å². The average Bonchev–Trinajstić information content (AvgIpc) is 2.89. The van der Waals surface area contributed by atoms with Gasteiger partial charge in [-0.05, 0) is 38.5 Å². The predicted octanol–water partition coefficient (Wildman–Crippen LogP) is 1.52. The Morgan fingerprint density at radius 1 is 1.31 bits per heavy atom. The molecule has 2 rings (SSSR count). The van der Waals surface area contributed by atoms with Crippen molar-refractivity contribution in [1.29, 1.82) is 0 Å². The summed E-state index contributed by atoms with van der Waals surface area (Å²) in [7, 11) is -3.64. The topological polar surface area (TPSA) is 127 Å². The van der Waals surface area contributed by atoms with Crippen LogP contribution in [0.25, 0.3) is 0 Å². The van der Waals surface area contributed by atoms with Crippen LogP contribution >= 0.6 is 12.4 Å². The molecule has 0 aliphatic rings. The maximum Gasteiger partial charge on any atom is 0.240 e. The zero-order chi connectivity index (χ0) is 18.4. The smallest absolute Gasteiger partial charge is 0.240 e. The van der Waals surface area contributed by atoms with Gasteiger partial charge in [-0.2, -0.15) is 0 Å². The summed E-state index contributed by atoms with van der Waals surface area (Å²) in [5.41, 5.74) is 7.41. The van der Waals surface area contributed by atoms with Crippen molar-refractivity contribution in [3.63, 3.8) is 0 Å². The number of aromatic nitrogens is 1. The second-order valence-corrected chi connectivity index (χ2v) is 7.33. The minimum atomic E-state index is -3.64. The van der Waals surface area contributed by atoms with E-state index in [0.29, 0.717) is 17.9 Å². The number of sulfonamides is 1. The van der Waals surface area contributed by atoms with Gasteiger partial charge >= 0.3 is 0 Å². The van der Waals surface area contributed by atoms with E-state index in [0.717, 1.165) is 11.3 Å². The number of aryl methyl sites for hydroxylation is 2. The van der Waals surface area contributed by atoms with Crippen LogP contribution < -0.4 is 15.8 Å². The number of carbonyl (C=O) groups excluding carboxylic acids is 1. The Bertz CT molecular complexity index is 832. The Balaban J connectivity index is 0.00000338. The lowest BCUT2D eigenvalue weighted by molar-refractivity contribution is -0.116. The largest absolute Gasteiger partial charge is 0.361 e. The van der Waals surface area contributed by atoms with Gasteiger partial charge in [0.25, 0.3) is 0 Å². The fourth-order valence-electron chi connectivity index (χ4n) is 2.34. The molecule has 1 aromatic heterocycles. The molecular weight excluding hydrogens is 380 g/mol. The van der Waals surface area contributed by atoms with E-state index in [9.17, 15) is 13.2 Å². The maximum absolute atomic E-state index is 12.1. The number of hydrogen-bond acceptors (Lipinski definition) is 6. The SMILES string of the molecule is Cc1noc(C)c1CCC(=O)Nc1cccc(S(=O)(=O)NCCN)c1.Cl. The summed E-state index contributed by atoms with van der Waals surface area (Å²) in [6.07, 6.45) is 0.744. The lowest BCUT2D eigenvalue weighted by atomic mass is 10.1. The quantitative estimate of drug-likeness (QED) is 0.614. The Labute approximate surface area is 159 Å². The van der Waals surface area contributed by atoms with E-state index in [1.165, 1.54) is 12.1 Å². The summed E-state index contributed by atoms with van der Waals surface area (Å²) in [5, 5.41) is 6.56. The van der Waals surface area contributed by atoms with Crippen LogP contribution in [-0.4, -0.2) is 32.6 Å². The molecule has 0 fully saturated rings. The van der Waals surface area contributed by atoms with Crippen LogP contribution in [0, 0.1) is 13.8 Å². The fourth-order valence-corrected chi connectivity index (χ4v) is 3.43. The van der Waals surface area contributed by atoms with Crippen molar-refractivity contribution in [3.8, 4) is 0 Å². The molecule has 0 aliphatic carbocycles. The molecule has 0 atom stereocenters. The highest BCUT2D eigenvalue weighted by molar-refractivity contribution is 7.89. The molecular formula is C16H23ClN4O4S. The van der Waals surface area contributed by atoms with Crippen molar-refractivity contribution in [2.45, 2.75) is 31.6 Å². The number of carbonyl (C=O) groups is 1. The molecule has 0 saturated carbocycles. The number of anilines is 1. The van der Waals surface area contributed by atoms with Crippen LogP contribution in [0.1, 0.15) is 23.4 Å². The Morgan fingerprint density at radius 3 is 2.65 bits per heavy atom. The molecule has 0 aliphatic heterocycles. The van der Waals surface area contributed by atoms with Crippen molar-refractivity contribution in [2.24, 2.45) is 5.73 Å². The van der Waals surface area contributed by atoms with Crippen LogP contribution in [0.15, 0.2) is 33.7 Å². The number of benzene rings is 1. The monoisotopic (exact) mass is 402 g/mol. The van der Waals surface area contributed by atoms with Crippen LogP contribution in [-0.2, 0) is 21.2 Å². The third kappa shape index (κ3) is 5.80. The van der Waals surface area contributed by atoms with Gasteiger partial charge in [-0.3, -0.25) is 4.79 Å². The van der Waals surface area contributed by atoms with E-state index in [4.69, 9.17) is 10.3 Å². The van der Waals surface area contributed by atoms with Gasteiger partial charge in [0.05, 0.1) is 10.6 Å². The van der Waals surface area contributed by atoms with E-state index in [2.05, 4.69) is 15.2 Å². The summed E-state index contributed by atoms with van der Waals surface area (Å²) >= 11 is 0. The third-order valence-electron chi connectivity index (χ3n) is 3.65. The molecule has 0 bridgehead atoms. The van der Waals surface area contributed by atoms with Gasteiger partial charge in [0.15, 0.2) is 0 Å². The molecule has 8 nitrogen and oxygen atoms in total. The molecule has 2 aromatic rings. The number of rotatable bonds is 8. The van der Waals surface area contributed by atoms with E-state index in [1.54, 1.807) is 19.1 Å². The number of halogens is 1. The molecule has 0 unspecified atom stereocenters. The van der Waals surface area contributed by atoms with E-state index >= 15 is 0 Å². The van der Waals surface area contributed by atoms with Gasteiger partial charge in [-0.25, -0.2) is 13.1 Å². The lowest BCUT2D eigenvalue weighted by Gasteiger charge is -2.09. The minimum Gasteiger partial charge on any atom is -0.361 e. The molecule has 0 spiro atoms. The van der Waals surface area contributed by atoms with Gasteiger partial charge in [0, 0.05) is 30.8 Å². The first kappa shape index (κ1) is 22.1. The van der Waals surface area contributed by atoms with Gasteiger partial charge in [-0.15, -0.1) is 12.4 Å². The highest BCUT2D eigenvalue weighted by Crippen LogP contribution is 2.17. The van der Waals surface area contributed by atoms with Crippen molar-refractivity contribution in [2.75, 3.05) is 18.4 Å². The summed E-state index contributed by atoms with van der Waals surface area (Å²) in [6.45, 7) is 3.98. The van der Waals surface area contributed by atoms with Crippen molar-refractivity contribution in [1.82, 2.24) is 9.88 Å². The molecule has 144 valence electrons. The highest BCUT2D eigenvalue weighted by atomic mass is 35.5. The molecule has 1 amide bonds. The number of nitrogens with two attached hydrogens (primary N) is 1. The molecule has 26 heavy (non-hydrogen) atoms. The zero-order valence-corrected chi connectivity index (χ0v) is 16.2. The molecule has 1 aromatic carbocycles. The molecule has 1 heterocycles. The van der Waals surface area contributed by atoms with Gasteiger partial charge in [0.1, 0.15) is 5.76 Å². The molecule has 10 heteroatoms. The molecule has 4 N–H and O–H groups in total. The first-order chi connectivity index (χ1) is 11.8. The van der Waals surface area contributed by atoms with E-state index in [-0.39, 0.29) is 42.7 Å². The second kappa shape index (κ2) is 9.67. The summed E-state index contributed by atoms with van der Waals surface area (Å²) in [5.74, 6) is 0.480. The summed E-state index contributed by atoms with van der Waals surface area (Å²) in [6, 6.07) is 6.07. The van der Waals surface area contributed by atoms with Crippen LogP contribution in [0.2, 0.25) is 0 Å². The van der Waals surface area contributed by atoms with Crippen LogP contribution in [0.5, 0.6) is 0 Å². The average molecular weight is 403 g/mol. The highest BCUT2D eigenvalue weighted by Gasteiger charge is 2.15. The van der Waals surface area contributed by atoms with E-state index < -0.39 is 10.0 Å². The summed E-state index contributed by atoms with van der Waals surface area (Å²) in [4.78, 5) is 12.2. The van der Waals surface area contributed by atoms with Gasteiger partial charge in [0.2, 0.25) is 15.9 Å². The second-order valence-electron chi connectivity index (χ2n) is 5.57. The minimum absolute atomic E-state index is 0. The van der Waals surface area contributed by atoms with Crippen molar-refractivity contribution in [3.05, 3.63) is 41.3 Å². The third-order valence-corrected chi connectivity index (χ3v) is 5.11. The first-order valence-electron chi connectivity index (χ1n) is 7.85. The van der Waals surface area contributed by atoms with Crippen molar-refractivity contribution < 1.29 is 17.7 Å². The fraction of sp³-hybridized carbons (Fsp3) is 0.375. The van der Waals surface area contributed by atoms with Crippen molar-refractivity contribution >= 4 is 34.0 Å².